The van der Waals surface area contributed by atoms with Gasteiger partial charge >= 0.3 is 0 Å². The molecule has 0 aromatic heterocycles. The van der Waals surface area contributed by atoms with Gasteiger partial charge in [0.15, 0.2) is 0 Å². The van der Waals surface area contributed by atoms with E-state index in [2.05, 4.69) is 4.90 Å². The van der Waals surface area contributed by atoms with E-state index >= 15 is 0 Å². The molecule has 1 rings (SSSR count). The summed E-state index contributed by atoms with van der Waals surface area (Å²) in [6.45, 7) is 3.45. The highest BCUT2D eigenvalue weighted by Gasteiger charge is 2.26. The van der Waals surface area contributed by atoms with E-state index in [4.69, 9.17) is 15.2 Å². The third-order valence-electron chi connectivity index (χ3n) is 3.42. The number of ether oxygens (including phenoxy) is 2. The van der Waals surface area contributed by atoms with E-state index in [-0.39, 0.29) is 0 Å². The zero-order chi connectivity index (χ0) is 11.8. The first kappa shape index (κ1) is 13.9. The highest BCUT2D eigenvalue weighted by atomic mass is 16.5. The Morgan fingerprint density at radius 3 is 2.12 bits per heavy atom. The van der Waals surface area contributed by atoms with Crippen molar-refractivity contribution in [1.29, 1.82) is 0 Å². The van der Waals surface area contributed by atoms with E-state index < -0.39 is 0 Å². The molecule has 1 saturated carbocycles. The fraction of sp³-hybridized carbons (Fsp3) is 1.00. The molecule has 0 heterocycles. The summed E-state index contributed by atoms with van der Waals surface area (Å²) >= 11 is 0. The van der Waals surface area contributed by atoms with Crippen LogP contribution in [-0.2, 0) is 9.47 Å². The first-order valence-electron chi connectivity index (χ1n) is 6.27. The lowest BCUT2D eigenvalue weighted by molar-refractivity contribution is 0.0661. The average molecular weight is 230 g/mol. The highest BCUT2D eigenvalue weighted by Crippen LogP contribution is 2.21. The van der Waals surface area contributed by atoms with Crippen molar-refractivity contribution in [2.75, 3.05) is 40.5 Å². The van der Waals surface area contributed by atoms with Crippen molar-refractivity contribution in [2.24, 2.45) is 5.73 Å². The van der Waals surface area contributed by atoms with Gasteiger partial charge in [-0.15, -0.1) is 0 Å². The summed E-state index contributed by atoms with van der Waals surface area (Å²) in [5.74, 6) is 0. The van der Waals surface area contributed by atoms with Crippen LogP contribution in [0, 0.1) is 0 Å². The van der Waals surface area contributed by atoms with Gasteiger partial charge in [-0.05, 0) is 12.8 Å². The molecule has 1 aliphatic rings. The summed E-state index contributed by atoms with van der Waals surface area (Å²) in [5.41, 5.74) is 6.20. The standard InChI is InChI=1S/C12H26N2O2/c1-15-9-7-14(8-10-16-2)12-6-4-3-5-11(12)13/h11-12H,3-10,13H2,1-2H3. The van der Waals surface area contributed by atoms with E-state index in [1.54, 1.807) is 14.2 Å². The predicted molar refractivity (Wildman–Crippen MR) is 65.6 cm³/mol. The van der Waals surface area contributed by atoms with Gasteiger partial charge in [-0.1, -0.05) is 12.8 Å². The third-order valence-corrected chi connectivity index (χ3v) is 3.42. The molecule has 0 spiro atoms. The molecule has 2 unspecified atom stereocenters. The van der Waals surface area contributed by atoms with Crippen LogP contribution in [0.1, 0.15) is 25.7 Å². The minimum Gasteiger partial charge on any atom is -0.383 e. The maximum Gasteiger partial charge on any atom is 0.0589 e. The summed E-state index contributed by atoms with van der Waals surface area (Å²) in [6, 6.07) is 0.835. The molecule has 0 radical (unpaired) electrons. The largest absolute Gasteiger partial charge is 0.383 e. The number of rotatable bonds is 7. The van der Waals surface area contributed by atoms with Gasteiger partial charge in [-0.3, -0.25) is 4.90 Å². The van der Waals surface area contributed by atoms with Gasteiger partial charge in [-0.25, -0.2) is 0 Å². The molecule has 4 nitrogen and oxygen atoms in total. The van der Waals surface area contributed by atoms with Crippen LogP contribution >= 0.6 is 0 Å². The smallest absolute Gasteiger partial charge is 0.0589 e. The second kappa shape index (κ2) is 8.01. The van der Waals surface area contributed by atoms with Crippen LogP contribution in [-0.4, -0.2) is 57.5 Å². The Labute approximate surface area is 99.1 Å². The topological polar surface area (TPSA) is 47.7 Å². The molecule has 16 heavy (non-hydrogen) atoms. The SMILES string of the molecule is COCCN(CCOC)C1CCCCC1N. The van der Waals surface area contributed by atoms with E-state index in [0.717, 1.165) is 32.7 Å². The van der Waals surface area contributed by atoms with Crippen molar-refractivity contribution in [2.45, 2.75) is 37.8 Å². The normalized spacial score (nSPS) is 26.2. The van der Waals surface area contributed by atoms with Crippen LogP contribution < -0.4 is 5.73 Å². The zero-order valence-electron chi connectivity index (χ0n) is 10.7. The molecular formula is C12H26N2O2. The minimum atomic E-state index is 0.322. The van der Waals surface area contributed by atoms with Gasteiger partial charge in [0.2, 0.25) is 0 Å². The van der Waals surface area contributed by atoms with E-state index in [9.17, 15) is 0 Å². The van der Waals surface area contributed by atoms with Crippen molar-refractivity contribution in [1.82, 2.24) is 4.90 Å². The molecule has 0 aromatic rings. The summed E-state index contributed by atoms with van der Waals surface area (Å²) < 4.78 is 10.3. The summed E-state index contributed by atoms with van der Waals surface area (Å²) in [7, 11) is 3.49. The molecule has 96 valence electrons. The Balaban J connectivity index is 2.44. The highest BCUT2D eigenvalue weighted by molar-refractivity contribution is 4.85. The number of nitrogens with two attached hydrogens (primary N) is 1. The first-order valence-corrected chi connectivity index (χ1v) is 6.27. The quantitative estimate of drug-likeness (QED) is 0.704. The molecule has 1 fully saturated rings. The van der Waals surface area contributed by atoms with Crippen LogP contribution in [0.5, 0.6) is 0 Å². The number of nitrogens with zero attached hydrogens (tertiary/aromatic N) is 1. The maximum absolute atomic E-state index is 6.20. The van der Waals surface area contributed by atoms with Crippen LogP contribution in [0.4, 0.5) is 0 Å². The van der Waals surface area contributed by atoms with E-state index in [1.807, 2.05) is 0 Å². The monoisotopic (exact) mass is 230 g/mol. The molecule has 0 aromatic carbocycles. The molecule has 2 atom stereocenters. The lowest BCUT2D eigenvalue weighted by atomic mass is 9.90. The third kappa shape index (κ3) is 4.37. The van der Waals surface area contributed by atoms with Crippen LogP contribution in [0.2, 0.25) is 0 Å². The van der Waals surface area contributed by atoms with Gasteiger partial charge in [0.05, 0.1) is 13.2 Å². The van der Waals surface area contributed by atoms with Gasteiger partial charge in [0.25, 0.3) is 0 Å². The van der Waals surface area contributed by atoms with Crippen molar-refractivity contribution in [3.63, 3.8) is 0 Å². The summed E-state index contributed by atoms with van der Waals surface area (Å²) in [6.07, 6.45) is 4.95. The molecule has 4 heteroatoms. The van der Waals surface area contributed by atoms with E-state index in [1.165, 1.54) is 19.3 Å². The fourth-order valence-corrected chi connectivity index (χ4v) is 2.45. The molecular weight excluding hydrogens is 204 g/mol. The molecule has 0 aliphatic heterocycles. The molecule has 2 N–H and O–H groups in total. The Hall–Kier alpha value is -0.160. The summed E-state index contributed by atoms with van der Waals surface area (Å²) in [5, 5.41) is 0. The lowest BCUT2D eigenvalue weighted by Gasteiger charge is -2.38. The van der Waals surface area contributed by atoms with E-state index in [0.29, 0.717) is 12.1 Å². The maximum atomic E-state index is 6.20. The second-order valence-corrected chi connectivity index (χ2v) is 4.54. The Kier molecular flexibility index (Phi) is 6.96. The van der Waals surface area contributed by atoms with Gasteiger partial charge < -0.3 is 15.2 Å². The first-order chi connectivity index (χ1) is 7.79. The van der Waals surface area contributed by atoms with Crippen LogP contribution in [0.3, 0.4) is 0 Å². The van der Waals surface area contributed by atoms with Crippen molar-refractivity contribution in [3.05, 3.63) is 0 Å². The van der Waals surface area contributed by atoms with Crippen LogP contribution in [0.15, 0.2) is 0 Å². The van der Waals surface area contributed by atoms with Gasteiger partial charge in [-0.2, -0.15) is 0 Å². The van der Waals surface area contributed by atoms with Crippen molar-refractivity contribution < 1.29 is 9.47 Å². The van der Waals surface area contributed by atoms with Crippen molar-refractivity contribution >= 4 is 0 Å². The molecule has 0 saturated heterocycles. The average Bonchev–Trinajstić information content (AvgIpc) is 2.31. The Morgan fingerprint density at radius 2 is 1.62 bits per heavy atom. The van der Waals surface area contributed by atoms with Gasteiger partial charge in [0.1, 0.15) is 0 Å². The molecule has 1 aliphatic carbocycles. The lowest BCUT2D eigenvalue weighted by Crippen LogP contribution is -2.51. The zero-order valence-corrected chi connectivity index (χ0v) is 10.7. The number of methoxy groups -OCH3 is 2. The fourth-order valence-electron chi connectivity index (χ4n) is 2.45. The molecule has 0 bridgehead atoms. The van der Waals surface area contributed by atoms with Crippen LogP contribution in [0.25, 0.3) is 0 Å². The Bertz CT molecular complexity index is 170. The Morgan fingerprint density at radius 1 is 1.06 bits per heavy atom. The summed E-state index contributed by atoms with van der Waals surface area (Å²) in [4.78, 5) is 2.43. The second-order valence-electron chi connectivity index (χ2n) is 4.54. The van der Waals surface area contributed by atoms with Gasteiger partial charge in [0, 0.05) is 39.4 Å². The van der Waals surface area contributed by atoms with Crippen molar-refractivity contribution in [3.8, 4) is 0 Å². The number of hydrogen-bond acceptors (Lipinski definition) is 4. The minimum absolute atomic E-state index is 0.322. The molecule has 0 amide bonds. The number of hydrogen-bond donors (Lipinski definition) is 1. The predicted octanol–water partition coefficient (Wildman–Crippen LogP) is 0.851.